The maximum absolute atomic E-state index is 9.73. The molecular weight excluding hydrogens is 1260 g/mol. The van der Waals surface area contributed by atoms with Crippen molar-refractivity contribution < 1.29 is 30.5 Å². The van der Waals surface area contributed by atoms with Crippen molar-refractivity contribution in [1.82, 2.24) is 0 Å². The normalized spacial score (nSPS) is 10.8. The minimum Gasteiger partial charge on any atom is -0.423 e. The molecule has 0 saturated carbocycles. The standard InChI is InChI=1S/C45H36O3.C24H15Br3.C7H9BO3/c46-28-31-7-1-10-34(19-31)37-13-4-16-40(22-37)43-25-44(41-17-5-14-38(23-41)35-11-2-8-32(20-35)29-47)27-45(26-43)42-18-6-15-39(24-42)36-12-3-9-33(21-36)30-48;25-22-7-1-4-16(13-22)19-10-20(17-5-2-8-23(26)14-17)12-21(11-19)18-6-3-9-24(27)15-18;9-5-6-2-1-3-7(4-6)8(10)11/h1-27,46-48H,28-30H2;1-15H;1-4,9-11H,5H2. The van der Waals surface area contributed by atoms with Crippen LogP contribution >= 0.6 is 47.8 Å². The molecule has 0 fully saturated rings. The summed E-state index contributed by atoms with van der Waals surface area (Å²) in [5, 5.41) is 55.3. The third-order valence-corrected chi connectivity index (χ3v) is 16.2. The lowest BCUT2D eigenvalue weighted by Gasteiger charge is -2.14. The lowest BCUT2D eigenvalue weighted by molar-refractivity contribution is 0.281. The van der Waals surface area contributed by atoms with Gasteiger partial charge in [-0.05, 0) is 237 Å². The maximum Gasteiger partial charge on any atom is 0.488 e. The quantitative estimate of drug-likeness (QED) is 0.0604. The fourth-order valence-corrected chi connectivity index (χ4v) is 11.5. The highest BCUT2D eigenvalue weighted by Crippen LogP contribution is 2.39. The Morgan fingerprint density at radius 3 is 0.640 bits per heavy atom. The highest BCUT2D eigenvalue weighted by Gasteiger charge is 2.14. The van der Waals surface area contributed by atoms with E-state index in [2.05, 4.69) is 248 Å². The van der Waals surface area contributed by atoms with E-state index in [-0.39, 0.29) is 26.4 Å². The van der Waals surface area contributed by atoms with E-state index in [9.17, 15) is 15.3 Å². The van der Waals surface area contributed by atoms with Crippen LogP contribution in [0, 0.1) is 0 Å². The van der Waals surface area contributed by atoms with Crippen molar-refractivity contribution in [2.75, 3.05) is 0 Å². The topological polar surface area (TPSA) is 121 Å². The molecule has 0 saturated heterocycles. The number of aliphatic hydroxyl groups excluding tert-OH is 4. The molecule has 12 aromatic carbocycles. The molecule has 12 aromatic rings. The summed E-state index contributed by atoms with van der Waals surface area (Å²) in [6, 6.07) is 95.1. The van der Waals surface area contributed by atoms with E-state index in [0.717, 1.165) is 96.9 Å². The summed E-state index contributed by atoms with van der Waals surface area (Å²) in [4.78, 5) is 0. The van der Waals surface area contributed by atoms with Crippen molar-refractivity contribution >= 4 is 60.4 Å². The van der Waals surface area contributed by atoms with Gasteiger partial charge in [-0.25, -0.2) is 0 Å². The van der Waals surface area contributed by atoms with Gasteiger partial charge < -0.3 is 30.5 Å². The Kier molecular flexibility index (Phi) is 20.8. The van der Waals surface area contributed by atoms with Gasteiger partial charge in [0.2, 0.25) is 0 Å². The second kappa shape index (κ2) is 29.3. The van der Waals surface area contributed by atoms with Gasteiger partial charge in [-0.1, -0.05) is 218 Å². The Hall–Kier alpha value is -8.10. The zero-order valence-electron chi connectivity index (χ0n) is 46.8. The van der Waals surface area contributed by atoms with E-state index in [0.29, 0.717) is 11.0 Å². The summed E-state index contributed by atoms with van der Waals surface area (Å²) in [5.41, 5.74) is 24.0. The molecule has 0 aliphatic rings. The largest absolute Gasteiger partial charge is 0.488 e. The molecule has 6 nitrogen and oxygen atoms in total. The van der Waals surface area contributed by atoms with E-state index in [1.807, 2.05) is 54.6 Å². The zero-order chi connectivity index (χ0) is 59.9. The molecule has 6 N–H and O–H groups in total. The van der Waals surface area contributed by atoms with Crippen molar-refractivity contribution in [2.45, 2.75) is 26.4 Å². The summed E-state index contributed by atoms with van der Waals surface area (Å²) in [6.45, 7) is -0.0660. The first-order valence-corrected chi connectivity index (χ1v) is 30.4. The van der Waals surface area contributed by atoms with Crippen molar-refractivity contribution in [1.29, 1.82) is 0 Å². The fourth-order valence-electron chi connectivity index (χ4n) is 10.3. The van der Waals surface area contributed by atoms with Crippen molar-refractivity contribution in [3.05, 3.63) is 315 Å². The molecule has 86 heavy (non-hydrogen) atoms. The van der Waals surface area contributed by atoms with Gasteiger partial charge in [0.1, 0.15) is 0 Å². The maximum atomic E-state index is 9.73. The molecule has 0 heterocycles. The van der Waals surface area contributed by atoms with E-state index >= 15 is 0 Å². The molecule has 10 heteroatoms. The summed E-state index contributed by atoms with van der Waals surface area (Å²) >= 11 is 10.8. The highest BCUT2D eigenvalue weighted by atomic mass is 79.9. The molecule has 0 radical (unpaired) electrons. The second-order valence-corrected chi connectivity index (χ2v) is 23.5. The van der Waals surface area contributed by atoms with Gasteiger partial charge in [0, 0.05) is 13.4 Å². The predicted molar refractivity (Wildman–Crippen MR) is 365 cm³/mol. The predicted octanol–water partition coefficient (Wildman–Crippen LogP) is 18.0. The molecule has 0 unspecified atom stereocenters. The van der Waals surface area contributed by atoms with Gasteiger partial charge in [-0.3, -0.25) is 0 Å². The summed E-state index contributed by atoms with van der Waals surface area (Å²) in [5.74, 6) is 0. The lowest BCUT2D eigenvalue weighted by atomic mass is 9.80. The van der Waals surface area contributed by atoms with Gasteiger partial charge in [0.05, 0.1) is 26.4 Å². The molecule has 0 aliphatic carbocycles. The van der Waals surface area contributed by atoms with Crippen LogP contribution in [-0.2, 0) is 26.4 Å². The van der Waals surface area contributed by atoms with Crippen molar-refractivity contribution in [3.8, 4) is 100 Å². The Morgan fingerprint density at radius 2 is 0.395 bits per heavy atom. The fraction of sp³-hybridized carbons (Fsp3) is 0.0526. The van der Waals surface area contributed by atoms with Gasteiger partial charge in [-0.2, -0.15) is 0 Å². The highest BCUT2D eigenvalue weighted by molar-refractivity contribution is 9.11. The first-order valence-electron chi connectivity index (χ1n) is 28.0. The molecule has 0 spiro atoms. The van der Waals surface area contributed by atoms with Gasteiger partial charge >= 0.3 is 7.12 Å². The van der Waals surface area contributed by atoms with E-state index in [1.54, 1.807) is 24.3 Å². The molecule has 0 bridgehead atoms. The Bertz CT molecular complexity index is 3880. The summed E-state index contributed by atoms with van der Waals surface area (Å²) < 4.78 is 3.24. The molecule has 0 aromatic heterocycles. The minimum absolute atomic E-state index is 0.00561. The number of aliphatic hydroxyl groups is 4. The van der Waals surface area contributed by atoms with Crippen LogP contribution in [-0.4, -0.2) is 37.6 Å². The number of rotatable bonds is 14. The van der Waals surface area contributed by atoms with Crippen molar-refractivity contribution in [2.24, 2.45) is 0 Å². The van der Waals surface area contributed by atoms with Gasteiger partial charge in [0.25, 0.3) is 0 Å². The van der Waals surface area contributed by atoms with Crippen LogP contribution in [0.4, 0.5) is 0 Å². The van der Waals surface area contributed by atoms with Crippen LogP contribution in [0.1, 0.15) is 22.3 Å². The minimum atomic E-state index is -1.46. The van der Waals surface area contributed by atoms with Crippen LogP contribution in [0.25, 0.3) is 100 Å². The summed E-state index contributed by atoms with van der Waals surface area (Å²) in [7, 11) is -1.46. The average Bonchev–Trinajstić information content (AvgIpc) is 3.60. The van der Waals surface area contributed by atoms with Gasteiger partial charge in [-0.15, -0.1) is 0 Å². The number of benzene rings is 12. The van der Waals surface area contributed by atoms with Crippen LogP contribution in [0.2, 0.25) is 0 Å². The molecule has 0 aliphatic heterocycles. The van der Waals surface area contributed by atoms with Crippen LogP contribution < -0.4 is 5.46 Å². The monoisotopic (exact) mass is 1320 g/mol. The summed E-state index contributed by atoms with van der Waals surface area (Å²) in [6.07, 6.45) is 0. The van der Waals surface area contributed by atoms with Crippen molar-refractivity contribution in [3.63, 3.8) is 0 Å². The molecule has 12 rings (SSSR count). The third kappa shape index (κ3) is 15.9. The van der Waals surface area contributed by atoms with E-state index in [4.69, 9.17) is 15.2 Å². The van der Waals surface area contributed by atoms with E-state index in [1.165, 1.54) is 33.4 Å². The number of hydrogen-bond acceptors (Lipinski definition) is 6. The smallest absolute Gasteiger partial charge is 0.423 e. The SMILES string of the molecule is Brc1cccc(-c2cc(-c3cccc(Br)c3)cc(-c3cccc(Br)c3)c2)c1.OCc1cccc(-c2cccc(-c3cc(-c4cccc(-c5cccc(CO)c5)c4)cc(-c4cccc(-c5cccc(CO)c5)c4)c3)c2)c1.OCc1cccc(B(O)O)c1. The molecule has 424 valence electrons. The Balaban J connectivity index is 0.000000179. The zero-order valence-corrected chi connectivity index (χ0v) is 51.5. The Morgan fingerprint density at radius 1 is 0.209 bits per heavy atom. The average molecular weight is 1320 g/mol. The third-order valence-electron chi connectivity index (χ3n) is 14.7. The molecule has 0 amide bonds. The molecule has 0 atom stereocenters. The lowest BCUT2D eigenvalue weighted by Crippen LogP contribution is -2.29. The number of hydrogen-bond donors (Lipinski definition) is 6. The van der Waals surface area contributed by atoms with E-state index < -0.39 is 7.12 Å². The van der Waals surface area contributed by atoms with Crippen LogP contribution in [0.3, 0.4) is 0 Å². The van der Waals surface area contributed by atoms with Gasteiger partial charge in [0.15, 0.2) is 0 Å². The first kappa shape index (κ1) is 61.0. The first-order chi connectivity index (χ1) is 41.9. The number of halogens is 3. The second-order valence-electron chi connectivity index (χ2n) is 20.7. The van der Waals surface area contributed by atoms with Crippen LogP contribution in [0.15, 0.2) is 292 Å². The Labute approximate surface area is 528 Å². The van der Waals surface area contributed by atoms with Crippen LogP contribution in [0.5, 0.6) is 0 Å². The molecular formula is C76H60BBr3O6.